The normalized spacial score (nSPS) is 9.12. The van der Waals surface area contributed by atoms with Crippen LogP contribution in [0, 0.1) is 0 Å². The van der Waals surface area contributed by atoms with Crippen molar-refractivity contribution in [3.8, 4) is 0 Å². The molecular weight excluding hydrogens is 167 g/mol. The van der Waals surface area contributed by atoms with E-state index >= 15 is 0 Å². The molecule has 0 unspecified atom stereocenters. The van der Waals surface area contributed by atoms with Crippen LogP contribution in [-0.2, 0) is 0 Å². The predicted molar refractivity (Wildman–Crippen MR) is 30.2 cm³/mol. The number of hydrogen-bond donors (Lipinski definition) is 0. The van der Waals surface area contributed by atoms with E-state index in [1.807, 2.05) is 0 Å². The molecule has 0 saturated carbocycles. The van der Waals surface area contributed by atoms with Crippen molar-refractivity contribution in [2.75, 3.05) is 0 Å². The van der Waals surface area contributed by atoms with Crippen LogP contribution in [0.5, 0.6) is 0 Å². The average molecular weight is 171 g/mol. The summed E-state index contributed by atoms with van der Waals surface area (Å²) < 4.78 is 4.71. The molecular formula is C5H4AsO2. The van der Waals surface area contributed by atoms with Gasteiger partial charge in [0.1, 0.15) is 0 Å². The number of hydrogen-bond acceptors (Lipinski definition) is 2. The van der Waals surface area contributed by atoms with Crippen molar-refractivity contribution >= 4 is 21.4 Å². The number of furan rings is 1. The van der Waals surface area contributed by atoms with E-state index in [1.165, 1.54) is 23.1 Å². The average Bonchev–Trinajstić information content (AvgIpc) is 2.12. The molecule has 0 bridgehead atoms. The molecule has 3 heteroatoms. The molecule has 1 aromatic heterocycles. The van der Waals surface area contributed by atoms with Gasteiger partial charge in [0.25, 0.3) is 0 Å². The Morgan fingerprint density at radius 1 is 1.75 bits per heavy atom. The minimum atomic E-state index is -0.0324. The Bertz CT molecular complexity index is 178. The summed E-state index contributed by atoms with van der Waals surface area (Å²) >= 11 is 1.47. The van der Waals surface area contributed by atoms with E-state index in [1.54, 1.807) is 12.1 Å². The molecule has 1 aromatic rings. The summed E-state index contributed by atoms with van der Waals surface area (Å²) in [4.78, 5) is 10.4. The molecule has 1 radical (unpaired) electrons. The van der Waals surface area contributed by atoms with Crippen LogP contribution in [0.4, 0.5) is 0 Å². The molecule has 0 aliphatic rings. The Morgan fingerprint density at radius 3 is 2.75 bits per heavy atom. The van der Waals surface area contributed by atoms with Crippen LogP contribution in [0.2, 0.25) is 0 Å². The number of rotatable bonds is 1. The van der Waals surface area contributed by atoms with Gasteiger partial charge in [0.2, 0.25) is 0 Å². The van der Waals surface area contributed by atoms with Crippen LogP contribution in [0.3, 0.4) is 0 Å². The molecule has 0 atom stereocenters. The molecule has 41 valence electrons. The summed E-state index contributed by atoms with van der Waals surface area (Å²) in [7, 11) is 0. The van der Waals surface area contributed by atoms with E-state index in [9.17, 15) is 4.79 Å². The van der Waals surface area contributed by atoms with Gasteiger partial charge in [-0.15, -0.1) is 0 Å². The Balaban J connectivity index is 2.93. The Kier molecular flexibility index (Phi) is 1.54. The van der Waals surface area contributed by atoms with Gasteiger partial charge >= 0.3 is 54.8 Å². The maximum absolute atomic E-state index is 10.4. The Morgan fingerprint density at radius 2 is 2.50 bits per heavy atom. The molecule has 0 N–H and O–H groups in total. The van der Waals surface area contributed by atoms with E-state index in [2.05, 4.69) is 0 Å². The maximum atomic E-state index is 10.4. The minimum absolute atomic E-state index is 0.0324. The monoisotopic (exact) mass is 171 g/mol. The summed E-state index contributed by atoms with van der Waals surface area (Å²) in [6.45, 7) is 0. The second-order valence-electron chi connectivity index (χ2n) is 1.31. The van der Waals surface area contributed by atoms with Gasteiger partial charge in [-0.05, 0) is 0 Å². The Hall–Kier alpha value is -0.492. The van der Waals surface area contributed by atoms with Crippen LogP contribution >= 0.6 is 0 Å². The number of carbonyl (C=O) groups excluding carboxylic acids is 1. The molecule has 0 aliphatic heterocycles. The molecule has 1 heterocycles. The van der Waals surface area contributed by atoms with Gasteiger partial charge in [-0.2, -0.15) is 0 Å². The summed E-state index contributed by atoms with van der Waals surface area (Å²) in [5, 5.41) is 0. The van der Waals surface area contributed by atoms with Crippen molar-refractivity contribution in [1.82, 2.24) is 0 Å². The summed E-state index contributed by atoms with van der Waals surface area (Å²) in [5.74, 6) is 0.421. The molecule has 2 nitrogen and oxygen atoms in total. The summed E-state index contributed by atoms with van der Waals surface area (Å²) in [6.07, 6.45) is 1.48. The fourth-order valence-corrected chi connectivity index (χ4v) is 0.706. The molecule has 0 amide bonds. The van der Waals surface area contributed by atoms with Gasteiger partial charge in [0.05, 0.1) is 0 Å². The first-order chi connectivity index (χ1) is 3.80. The Labute approximate surface area is 55.4 Å². The van der Waals surface area contributed by atoms with Crippen LogP contribution in [-0.4, -0.2) is 21.4 Å². The van der Waals surface area contributed by atoms with Crippen molar-refractivity contribution in [2.24, 2.45) is 0 Å². The quantitative estimate of drug-likeness (QED) is 0.569. The van der Waals surface area contributed by atoms with Crippen LogP contribution in [0.15, 0.2) is 22.8 Å². The van der Waals surface area contributed by atoms with Crippen molar-refractivity contribution in [1.29, 1.82) is 0 Å². The number of carbonyl (C=O) groups is 1. The van der Waals surface area contributed by atoms with Gasteiger partial charge < -0.3 is 0 Å². The van der Waals surface area contributed by atoms with E-state index in [-0.39, 0.29) is 4.57 Å². The molecule has 0 aliphatic carbocycles. The van der Waals surface area contributed by atoms with E-state index < -0.39 is 0 Å². The molecule has 0 spiro atoms. The zero-order valence-corrected chi connectivity index (χ0v) is 6.15. The third-order valence-electron chi connectivity index (χ3n) is 0.745. The van der Waals surface area contributed by atoms with Crippen LogP contribution < -0.4 is 0 Å². The topological polar surface area (TPSA) is 30.2 Å². The van der Waals surface area contributed by atoms with Crippen LogP contribution in [0.25, 0.3) is 0 Å². The molecule has 0 saturated heterocycles. The fraction of sp³-hybridized carbons (Fsp3) is 0. The van der Waals surface area contributed by atoms with Crippen molar-refractivity contribution in [2.45, 2.75) is 0 Å². The second kappa shape index (κ2) is 2.18. The molecule has 1 rings (SSSR count). The van der Waals surface area contributed by atoms with E-state index in [0.717, 1.165) is 0 Å². The fourth-order valence-electron chi connectivity index (χ4n) is 0.408. The second-order valence-corrected chi connectivity index (χ2v) is 2.26. The SMILES string of the molecule is O=C([AsH])c1ccco1. The third kappa shape index (κ3) is 1.01. The first-order valence-electron chi connectivity index (χ1n) is 2.10. The van der Waals surface area contributed by atoms with Gasteiger partial charge in [-0.1, -0.05) is 0 Å². The predicted octanol–water partition coefficient (Wildman–Crippen LogP) is 0.321. The van der Waals surface area contributed by atoms with Gasteiger partial charge in [0.15, 0.2) is 0 Å². The zero-order valence-electron chi connectivity index (χ0n) is 4.05. The zero-order chi connectivity index (χ0) is 5.98. The van der Waals surface area contributed by atoms with Gasteiger partial charge in [0, 0.05) is 0 Å². The van der Waals surface area contributed by atoms with E-state index in [0.29, 0.717) is 5.76 Å². The summed E-state index contributed by atoms with van der Waals surface area (Å²) in [6, 6.07) is 3.33. The molecule has 8 heavy (non-hydrogen) atoms. The van der Waals surface area contributed by atoms with Gasteiger partial charge in [-0.3, -0.25) is 0 Å². The molecule has 0 fully saturated rings. The first kappa shape index (κ1) is 5.64. The van der Waals surface area contributed by atoms with Crippen molar-refractivity contribution in [3.05, 3.63) is 24.2 Å². The first-order valence-corrected chi connectivity index (χ1v) is 3.15. The standard InChI is InChI=1S/C5H4AsO2/c6-5(7)4-2-1-3-8-4/h1-3,6H. The van der Waals surface area contributed by atoms with Crippen molar-refractivity contribution in [3.63, 3.8) is 0 Å². The van der Waals surface area contributed by atoms with E-state index in [4.69, 9.17) is 4.42 Å². The van der Waals surface area contributed by atoms with Gasteiger partial charge in [-0.25, -0.2) is 0 Å². The molecule has 0 aromatic carbocycles. The van der Waals surface area contributed by atoms with Crippen molar-refractivity contribution < 1.29 is 9.21 Å². The summed E-state index contributed by atoms with van der Waals surface area (Å²) in [5.41, 5.74) is 0. The van der Waals surface area contributed by atoms with Crippen LogP contribution in [0.1, 0.15) is 10.6 Å². The third-order valence-corrected chi connectivity index (χ3v) is 1.26.